The van der Waals surface area contributed by atoms with Crippen molar-refractivity contribution < 1.29 is 34.8 Å². The van der Waals surface area contributed by atoms with Gasteiger partial charge in [0.05, 0.1) is 5.92 Å². The molecular weight excluding hydrogens is 316 g/mol. The number of aliphatic hydroxyl groups is 1. The third kappa shape index (κ3) is 8.10. The van der Waals surface area contributed by atoms with Crippen LogP contribution in [0.3, 0.4) is 0 Å². The summed E-state index contributed by atoms with van der Waals surface area (Å²) in [6.07, 6.45) is 6.86. The minimum atomic E-state index is -2.56. The highest BCUT2D eigenvalue weighted by Crippen LogP contribution is 2.29. The average Bonchev–Trinajstić information content (AvgIpc) is 2.50. The van der Waals surface area contributed by atoms with E-state index in [2.05, 4.69) is 6.58 Å². The predicted octanol–water partition coefficient (Wildman–Crippen LogP) is 2.67. The fraction of sp³-hybridized carbons (Fsp3) is 0.706. The number of hydrogen-bond donors (Lipinski definition) is 4. The van der Waals surface area contributed by atoms with Crippen LogP contribution in [0.4, 0.5) is 0 Å². The second-order valence-corrected chi connectivity index (χ2v) is 6.00. The van der Waals surface area contributed by atoms with Gasteiger partial charge in [0.15, 0.2) is 5.60 Å². The van der Waals surface area contributed by atoms with Gasteiger partial charge in [0.1, 0.15) is 0 Å². The lowest BCUT2D eigenvalue weighted by Gasteiger charge is -2.29. The Morgan fingerprint density at radius 3 is 1.96 bits per heavy atom. The Balaban J connectivity index is 4.48. The molecule has 0 aromatic carbocycles. The highest BCUT2D eigenvalue weighted by Gasteiger charge is 2.47. The van der Waals surface area contributed by atoms with E-state index in [0.29, 0.717) is 6.42 Å². The lowest BCUT2D eigenvalue weighted by Crippen LogP contribution is -2.49. The molecule has 7 nitrogen and oxygen atoms in total. The SMILES string of the molecule is C=CCCCCCCCC[C@@H](C(=O)O)[C@](O)(CCC(=O)O)C(=O)O. The molecule has 0 spiro atoms. The van der Waals surface area contributed by atoms with E-state index < -0.39 is 42.3 Å². The molecule has 2 atom stereocenters. The van der Waals surface area contributed by atoms with E-state index in [0.717, 1.165) is 38.5 Å². The van der Waals surface area contributed by atoms with Crippen molar-refractivity contribution in [2.45, 2.75) is 69.8 Å². The molecule has 0 fully saturated rings. The van der Waals surface area contributed by atoms with Gasteiger partial charge < -0.3 is 20.4 Å². The van der Waals surface area contributed by atoms with Crippen LogP contribution < -0.4 is 0 Å². The van der Waals surface area contributed by atoms with Crippen LogP contribution in [0, 0.1) is 5.92 Å². The first kappa shape index (κ1) is 22.1. The molecule has 0 aliphatic rings. The van der Waals surface area contributed by atoms with Crippen LogP contribution in [0.25, 0.3) is 0 Å². The predicted molar refractivity (Wildman–Crippen MR) is 87.7 cm³/mol. The molecule has 0 aromatic heterocycles. The van der Waals surface area contributed by atoms with Crippen LogP contribution in [0.5, 0.6) is 0 Å². The fourth-order valence-corrected chi connectivity index (χ4v) is 2.64. The number of carboxylic acids is 3. The first-order valence-electron chi connectivity index (χ1n) is 8.27. The fourth-order valence-electron chi connectivity index (χ4n) is 2.64. The van der Waals surface area contributed by atoms with Crippen LogP contribution in [0.2, 0.25) is 0 Å². The molecule has 7 heteroatoms. The Morgan fingerprint density at radius 1 is 0.958 bits per heavy atom. The molecule has 0 bridgehead atoms. The van der Waals surface area contributed by atoms with Gasteiger partial charge in [-0.1, -0.05) is 38.2 Å². The van der Waals surface area contributed by atoms with E-state index in [1.807, 2.05) is 6.08 Å². The number of allylic oxidation sites excluding steroid dienone is 1. The third-order valence-electron chi connectivity index (χ3n) is 4.12. The Morgan fingerprint density at radius 2 is 1.50 bits per heavy atom. The van der Waals surface area contributed by atoms with Crippen molar-refractivity contribution in [3.05, 3.63) is 12.7 Å². The van der Waals surface area contributed by atoms with Crippen LogP contribution >= 0.6 is 0 Å². The third-order valence-corrected chi connectivity index (χ3v) is 4.12. The molecule has 0 aliphatic carbocycles. The number of rotatable bonds is 15. The number of unbranched alkanes of at least 4 members (excludes halogenated alkanes) is 6. The maximum absolute atomic E-state index is 11.4. The van der Waals surface area contributed by atoms with E-state index in [1.165, 1.54) is 0 Å². The number of carboxylic acid groups (broad SMARTS) is 3. The van der Waals surface area contributed by atoms with E-state index in [-0.39, 0.29) is 6.42 Å². The molecular formula is C17H28O7. The monoisotopic (exact) mass is 344 g/mol. The van der Waals surface area contributed by atoms with Gasteiger partial charge >= 0.3 is 17.9 Å². The molecule has 0 saturated heterocycles. The van der Waals surface area contributed by atoms with E-state index >= 15 is 0 Å². The molecule has 0 amide bonds. The zero-order valence-corrected chi connectivity index (χ0v) is 13.9. The molecule has 0 radical (unpaired) electrons. The van der Waals surface area contributed by atoms with Crippen molar-refractivity contribution in [2.24, 2.45) is 5.92 Å². The summed E-state index contributed by atoms with van der Waals surface area (Å²) in [7, 11) is 0. The Kier molecular flexibility index (Phi) is 10.7. The molecule has 24 heavy (non-hydrogen) atoms. The highest BCUT2D eigenvalue weighted by atomic mass is 16.4. The Hall–Kier alpha value is -1.89. The van der Waals surface area contributed by atoms with Crippen molar-refractivity contribution in [3.8, 4) is 0 Å². The summed E-state index contributed by atoms with van der Waals surface area (Å²) in [4.78, 5) is 33.3. The molecule has 138 valence electrons. The Bertz CT molecular complexity index is 433. The topological polar surface area (TPSA) is 132 Å². The van der Waals surface area contributed by atoms with E-state index in [9.17, 15) is 29.7 Å². The first-order chi connectivity index (χ1) is 11.3. The summed E-state index contributed by atoms with van der Waals surface area (Å²) in [5, 5.41) is 37.3. The molecule has 4 N–H and O–H groups in total. The molecule has 0 heterocycles. The van der Waals surface area contributed by atoms with Crippen LogP contribution in [0.15, 0.2) is 12.7 Å². The van der Waals surface area contributed by atoms with Gasteiger partial charge in [0.25, 0.3) is 0 Å². The minimum Gasteiger partial charge on any atom is -0.481 e. The second-order valence-electron chi connectivity index (χ2n) is 6.00. The molecule has 0 aliphatic heterocycles. The van der Waals surface area contributed by atoms with Crippen molar-refractivity contribution in [1.29, 1.82) is 0 Å². The van der Waals surface area contributed by atoms with Gasteiger partial charge in [0, 0.05) is 6.42 Å². The average molecular weight is 344 g/mol. The van der Waals surface area contributed by atoms with Crippen LogP contribution in [-0.4, -0.2) is 43.9 Å². The smallest absolute Gasteiger partial charge is 0.336 e. The van der Waals surface area contributed by atoms with Gasteiger partial charge in [-0.25, -0.2) is 4.79 Å². The number of aliphatic carboxylic acids is 3. The van der Waals surface area contributed by atoms with Crippen molar-refractivity contribution in [1.82, 2.24) is 0 Å². The normalized spacial score (nSPS) is 14.5. The zero-order valence-electron chi connectivity index (χ0n) is 13.9. The maximum Gasteiger partial charge on any atom is 0.336 e. The van der Waals surface area contributed by atoms with Crippen molar-refractivity contribution in [2.75, 3.05) is 0 Å². The van der Waals surface area contributed by atoms with E-state index in [4.69, 9.17) is 5.11 Å². The lowest BCUT2D eigenvalue weighted by atomic mass is 9.80. The molecule has 0 aromatic rings. The summed E-state index contributed by atoms with van der Waals surface area (Å²) < 4.78 is 0. The van der Waals surface area contributed by atoms with Gasteiger partial charge in [-0.15, -0.1) is 6.58 Å². The number of carbonyl (C=O) groups is 3. The van der Waals surface area contributed by atoms with Crippen LogP contribution in [-0.2, 0) is 14.4 Å². The van der Waals surface area contributed by atoms with Crippen molar-refractivity contribution >= 4 is 17.9 Å². The van der Waals surface area contributed by atoms with Gasteiger partial charge in [0.2, 0.25) is 0 Å². The van der Waals surface area contributed by atoms with Gasteiger partial charge in [-0.3, -0.25) is 9.59 Å². The minimum absolute atomic E-state index is 0.00438. The van der Waals surface area contributed by atoms with Crippen molar-refractivity contribution in [3.63, 3.8) is 0 Å². The molecule has 0 saturated carbocycles. The first-order valence-corrected chi connectivity index (χ1v) is 8.27. The summed E-state index contributed by atoms with van der Waals surface area (Å²) >= 11 is 0. The lowest BCUT2D eigenvalue weighted by molar-refractivity contribution is -0.176. The van der Waals surface area contributed by atoms with Gasteiger partial charge in [-0.05, 0) is 25.7 Å². The summed E-state index contributed by atoms with van der Waals surface area (Å²) in [6.45, 7) is 3.64. The summed E-state index contributed by atoms with van der Waals surface area (Å²) in [5.41, 5.74) is -2.56. The Labute approximate surface area is 142 Å². The summed E-state index contributed by atoms with van der Waals surface area (Å²) in [5.74, 6) is -5.91. The highest BCUT2D eigenvalue weighted by molar-refractivity contribution is 5.86. The molecule has 0 rings (SSSR count). The quantitative estimate of drug-likeness (QED) is 0.265. The summed E-state index contributed by atoms with van der Waals surface area (Å²) in [6, 6.07) is 0. The molecule has 0 unspecified atom stereocenters. The largest absolute Gasteiger partial charge is 0.481 e. The second kappa shape index (κ2) is 11.6. The maximum atomic E-state index is 11.4. The van der Waals surface area contributed by atoms with E-state index in [1.54, 1.807) is 0 Å². The van der Waals surface area contributed by atoms with Gasteiger partial charge in [-0.2, -0.15) is 0 Å². The zero-order chi connectivity index (χ0) is 18.6. The standard InChI is InChI=1S/C17H28O7/c1-2-3-4-5-6-7-8-9-10-13(15(20)21)17(24,16(22)23)12-11-14(18)19/h2,13,24H,1,3-12H2,(H,18,19)(H,20,21)(H,22,23)/t13-,17+/m0/s1. The van der Waals surface area contributed by atoms with Crippen LogP contribution in [0.1, 0.15) is 64.2 Å². The number of hydrogen-bond acceptors (Lipinski definition) is 4.